The molecule has 2 aromatic rings. The summed E-state index contributed by atoms with van der Waals surface area (Å²) >= 11 is 3.63. The molecule has 1 aromatic heterocycles. The number of hydrogen-bond donors (Lipinski definition) is 0. The zero-order chi connectivity index (χ0) is 19.1. The molecular weight excluding hydrogens is 404 g/mol. The summed E-state index contributed by atoms with van der Waals surface area (Å²) in [5.41, 5.74) is 2.38. The third kappa shape index (κ3) is 3.95. The number of nitrogens with zero attached hydrogens (tertiary/aromatic N) is 2. The molecule has 0 aliphatic heterocycles. The van der Waals surface area contributed by atoms with Gasteiger partial charge in [0, 0.05) is 23.0 Å². The molecule has 0 radical (unpaired) electrons. The second kappa shape index (κ2) is 7.40. The number of imidazole rings is 1. The van der Waals surface area contributed by atoms with E-state index in [0.29, 0.717) is 12.1 Å². The number of fused-ring (bicyclic) bond motifs is 1. The summed E-state index contributed by atoms with van der Waals surface area (Å²) in [4.78, 5) is 4.88. The van der Waals surface area contributed by atoms with Crippen LogP contribution in [0.4, 0.5) is 0 Å². The second-order valence-electron chi connectivity index (χ2n) is 9.19. The number of rotatable bonds is 4. The van der Waals surface area contributed by atoms with Crippen molar-refractivity contribution in [1.29, 1.82) is 0 Å². The van der Waals surface area contributed by atoms with Gasteiger partial charge in [0.15, 0.2) is 8.32 Å². The van der Waals surface area contributed by atoms with Crippen molar-refractivity contribution in [2.75, 3.05) is 0 Å². The van der Waals surface area contributed by atoms with Gasteiger partial charge in [-0.15, -0.1) is 0 Å². The summed E-state index contributed by atoms with van der Waals surface area (Å²) < 4.78 is 10.3. The molecule has 0 saturated heterocycles. The molecule has 1 aliphatic rings. The lowest BCUT2D eigenvalue weighted by Crippen LogP contribution is -2.44. The van der Waals surface area contributed by atoms with Crippen molar-refractivity contribution in [3.05, 3.63) is 28.5 Å². The Morgan fingerprint density at radius 1 is 1.19 bits per heavy atom. The fourth-order valence-corrected chi connectivity index (χ4v) is 5.56. The van der Waals surface area contributed by atoms with Gasteiger partial charge >= 0.3 is 0 Å². The van der Waals surface area contributed by atoms with Crippen LogP contribution >= 0.6 is 15.9 Å². The first-order valence-electron chi connectivity index (χ1n) is 9.96. The molecule has 5 heteroatoms. The van der Waals surface area contributed by atoms with Gasteiger partial charge in [-0.05, 0) is 62.0 Å². The van der Waals surface area contributed by atoms with Gasteiger partial charge < -0.3 is 8.99 Å². The Morgan fingerprint density at radius 3 is 2.42 bits per heavy atom. The van der Waals surface area contributed by atoms with E-state index in [2.05, 4.69) is 79.5 Å². The highest BCUT2D eigenvalue weighted by atomic mass is 79.9. The van der Waals surface area contributed by atoms with Crippen molar-refractivity contribution in [3.63, 3.8) is 0 Å². The van der Waals surface area contributed by atoms with Crippen LogP contribution < -0.4 is 0 Å². The molecular formula is C21H33BrN2OSi. The summed E-state index contributed by atoms with van der Waals surface area (Å²) in [7, 11) is -1.67. The second-order valence-corrected chi connectivity index (χ2v) is 14.9. The van der Waals surface area contributed by atoms with E-state index >= 15 is 0 Å². The van der Waals surface area contributed by atoms with Crippen molar-refractivity contribution in [1.82, 2.24) is 9.55 Å². The predicted octanol–water partition coefficient (Wildman–Crippen LogP) is 6.87. The zero-order valence-electron chi connectivity index (χ0n) is 17.1. The zero-order valence-corrected chi connectivity index (χ0v) is 19.7. The summed E-state index contributed by atoms with van der Waals surface area (Å²) in [6, 6.07) is 6.98. The van der Waals surface area contributed by atoms with Crippen molar-refractivity contribution < 1.29 is 4.43 Å². The predicted molar refractivity (Wildman–Crippen MR) is 116 cm³/mol. The highest BCUT2D eigenvalue weighted by molar-refractivity contribution is 9.10. The molecule has 1 aliphatic carbocycles. The lowest BCUT2D eigenvalue weighted by molar-refractivity contribution is 0.118. The van der Waals surface area contributed by atoms with E-state index < -0.39 is 8.32 Å². The minimum absolute atomic E-state index is 0.284. The fourth-order valence-electron chi connectivity index (χ4n) is 3.79. The highest BCUT2D eigenvalue weighted by Gasteiger charge is 2.40. The average Bonchev–Trinajstić information content (AvgIpc) is 2.92. The van der Waals surface area contributed by atoms with Crippen LogP contribution in [-0.2, 0) is 10.8 Å². The minimum atomic E-state index is -1.67. The maximum atomic E-state index is 6.68. The Labute approximate surface area is 167 Å². The molecule has 3 nitrogen and oxygen atoms in total. The number of benzene rings is 1. The lowest BCUT2D eigenvalue weighted by atomic mass is 9.92. The third-order valence-electron chi connectivity index (χ3n) is 6.32. The molecule has 0 amide bonds. The van der Waals surface area contributed by atoms with Gasteiger partial charge in [0.2, 0.25) is 0 Å². The van der Waals surface area contributed by atoms with Gasteiger partial charge in [0.25, 0.3) is 0 Å². The van der Waals surface area contributed by atoms with Crippen LogP contribution in [0.15, 0.2) is 22.7 Å². The molecule has 0 spiro atoms. The molecule has 1 saturated carbocycles. The van der Waals surface area contributed by atoms with Crippen molar-refractivity contribution in [2.24, 2.45) is 0 Å². The summed E-state index contributed by atoms with van der Waals surface area (Å²) in [5.74, 6) is 1.21. The van der Waals surface area contributed by atoms with Gasteiger partial charge in [-0.25, -0.2) is 4.98 Å². The molecule has 3 rings (SSSR count). The van der Waals surface area contributed by atoms with Gasteiger partial charge in [-0.2, -0.15) is 0 Å². The Kier molecular flexibility index (Phi) is 5.72. The van der Waals surface area contributed by atoms with Crippen molar-refractivity contribution >= 4 is 35.3 Å². The van der Waals surface area contributed by atoms with Crippen molar-refractivity contribution in [3.8, 4) is 0 Å². The number of aromatic nitrogens is 2. The van der Waals surface area contributed by atoms with E-state index in [9.17, 15) is 0 Å². The molecule has 0 unspecified atom stereocenters. The molecule has 0 bridgehead atoms. The van der Waals surface area contributed by atoms with E-state index in [0.717, 1.165) is 29.3 Å². The number of hydrogen-bond acceptors (Lipinski definition) is 2. The molecule has 1 fully saturated rings. The maximum absolute atomic E-state index is 6.68. The average molecular weight is 437 g/mol. The first-order valence-corrected chi connectivity index (χ1v) is 13.7. The minimum Gasteiger partial charge on any atom is -0.414 e. The van der Waals surface area contributed by atoms with Crippen LogP contribution in [0.2, 0.25) is 18.1 Å². The quantitative estimate of drug-likeness (QED) is 0.488. The topological polar surface area (TPSA) is 27.1 Å². The summed E-state index contributed by atoms with van der Waals surface area (Å²) in [5, 5.41) is 0.284. The summed E-state index contributed by atoms with van der Waals surface area (Å²) in [6.07, 6.45) is 6.10. The van der Waals surface area contributed by atoms with E-state index in [-0.39, 0.29) is 5.04 Å². The lowest BCUT2D eigenvalue weighted by Gasteiger charge is -2.41. The highest BCUT2D eigenvalue weighted by Crippen LogP contribution is 2.41. The first kappa shape index (κ1) is 20.1. The standard InChI is InChI=1S/C21H33BrN2OSi/c1-7-20-23-18-13-8-15(22)14-19(18)24(20)16-9-11-17(12-10-16)25-26(5,6)21(2,3)4/h8,13-14,16-17H,7,9-12H2,1-6H3. The maximum Gasteiger partial charge on any atom is 0.192 e. The van der Waals surface area contributed by atoms with Crippen LogP contribution in [0.5, 0.6) is 0 Å². The molecule has 1 heterocycles. The smallest absolute Gasteiger partial charge is 0.192 e. The SMILES string of the molecule is CCc1nc2ccc(Br)cc2n1C1CCC(O[Si](C)(C)C(C)(C)C)CC1. The van der Waals surface area contributed by atoms with Crippen LogP contribution in [0.3, 0.4) is 0 Å². The monoisotopic (exact) mass is 436 g/mol. The van der Waals surface area contributed by atoms with E-state index in [1.165, 1.54) is 24.2 Å². The number of halogens is 1. The molecule has 144 valence electrons. The Balaban J connectivity index is 1.76. The van der Waals surface area contributed by atoms with Gasteiger partial charge in [-0.1, -0.05) is 43.6 Å². The molecule has 0 atom stereocenters. The van der Waals surface area contributed by atoms with Crippen molar-refractivity contribution in [2.45, 2.75) is 90.1 Å². The largest absolute Gasteiger partial charge is 0.414 e. The summed E-state index contributed by atoms with van der Waals surface area (Å²) in [6.45, 7) is 13.9. The fraction of sp³-hybridized carbons (Fsp3) is 0.667. The van der Waals surface area contributed by atoms with Crippen LogP contribution in [0, 0.1) is 0 Å². The molecule has 1 aromatic carbocycles. The van der Waals surface area contributed by atoms with E-state index in [4.69, 9.17) is 9.41 Å². The number of aryl methyl sites for hydroxylation is 1. The van der Waals surface area contributed by atoms with Crippen LogP contribution in [0.1, 0.15) is 65.2 Å². The van der Waals surface area contributed by atoms with E-state index in [1.807, 2.05) is 0 Å². The van der Waals surface area contributed by atoms with Gasteiger partial charge in [0.05, 0.1) is 11.0 Å². The van der Waals surface area contributed by atoms with Gasteiger partial charge in [-0.3, -0.25) is 0 Å². The Bertz CT molecular complexity index is 770. The van der Waals surface area contributed by atoms with Crippen LogP contribution in [-0.4, -0.2) is 24.0 Å². The van der Waals surface area contributed by atoms with Crippen LogP contribution in [0.25, 0.3) is 11.0 Å². The molecule has 26 heavy (non-hydrogen) atoms. The Morgan fingerprint density at radius 2 is 1.85 bits per heavy atom. The van der Waals surface area contributed by atoms with Gasteiger partial charge in [0.1, 0.15) is 5.82 Å². The third-order valence-corrected chi connectivity index (χ3v) is 11.3. The molecule has 0 N–H and O–H groups in total. The normalized spacial score (nSPS) is 22.1. The first-order chi connectivity index (χ1) is 12.1. The Hall–Kier alpha value is -0.653. The van der Waals surface area contributed by atoms with E-state index in [1.54, 1.807) is 0 Å².